The zero-order valence-electron chi connectivity index (χ0n) is 34.7. The molecule has 0 spiro atoms. The molecule has 8 nitrogen and oxygen atoms in total. The van der Waals surface area contributed by atoms with E-state index in [0.29, 0.717) is 0 Å². The number of allylic oxidation sites excluding steroid dienone is 8. The number of H-pyrrole nitrogens is 1. The molecule has 6 aliphatic rings. The highest BCUT2D eigenvalue weighted by Crippen LogP contribution is 2.48. The summed E-state index contributed by atoms with van der Waals surface area (Å²) in [6.07, 6.45) is 44.4. The molecule has 8 bridgehead atoms. The molecule has 0 aromatic carbocycles. The van der Waals surface area contributed by atoms with E-state index in [4.69, 9.17) is 9.97 Å². The second kappa shape index (κ2) is 21.3. The maximum absolute atomic E-state index is 5.50. The van der Waals surface area contributed by atoms with E-state index in [1.807, 2.05) is 0 Å². The lowest BCUT2D eigenvalue weighted by Crippen LogP contribution is -2.30. The molecule has 322 valence electrons. The Bertz CT molecular complexity index is 2520. The Balaban J connectivity index is 0.00000164. The fourth-order valence-corrected chi connectivity index (χ4v) is 8.93. The van der Waals surface area contributed by atoms with E-state index < -0.39 is 0 Å². The highest BCUT2D eigenvalue weighted by Gasteiger charge is 2.37. The maximum atomic E-state index is 5.50. The molecule has 13 heteroatoms. The average Bonchev–Trinajstić information content (AvgIpc) is 4.06. The Kier molecular flexibility index (Phi) is 17.1. The predicted molar refractivity (Wildman–Crippen MR) is 269 cm³/mol. The van der Waals surface area contributed by atoms with Crippen molar-refractivity contribution in [3.8, 4) is 0 Å². The zero-order chi connectivity index (χ0) is 38.2. The smallest absolute Gasteiger partial charge is 0.125 e. The number of fused-ring (bicyclic) bond motifs is 8. The molecule has 0 fully saturated rings. The van der Waals surface area contributed by atoms with E-state index in [1.165, 1.54) is 22.2 Å². The van der Waals surface area contributed by atoms with Crippen LogP contribution in [0.1, 0.15) is 91.5 Å². The summed E-state index contributed by atoms with van der Waals surface area (Å²) >= 11 is 0. The molecule has 4 unspecified atom stereocenters. The number of aromatic amines is 1. The Morgan fingerprint density at radius 1 is 0.475 bits per heavy atom. The van der Waals surface area contributed by atoms with Crippen molar-refractivity contribution in [1.82, 2.24) is 39.1 Å². The van der Waals surface area contributed by atoms with Gasteiger partial charge in [-0.25, -0.2) is 9.97 Å². The third-order valence-electron chi connectivity index (χ3n) is 11.6. The molecule has 1 N–H and O–H groups in total. The normalized spacial score (nSPS) is 20.3. The van der Waals surface area contributed by atoms with Crippen molar-refractivity contribution in [2.45, 2.75) is 52.0 Å². The number of halogens is 5. The van der Waals surface area contributed by atoms with Gasteiger partial charge in [-0.2, -0.15) is 0 Å². The number of nitrogens with one attached hydrogen (secondary N) is 1. The monoisotopic (exact) mass is 918 g/mol. The Morgan fingerprint density at radius 2 is 0.918 bits per heavy atom. The van der Waals surface area contributed by atoms with Crippen molar-refractivity contribution in [2.75, 3.05) is 26.2 Å². The molecule has 3 aromatic rings. The van der Waals surface area contributed by atoms with Crippen LogP contribution >= 0.6 is 62.0 Å². The molecule has 0 radical (unpaired) electrons. The van der Waals surface area contributed by atoms with Gasteiger partial charge < -0.3 is 29.2 Å². The predicted octanol–water partition coefficient (Wildman–Crippen LogP) is 12.5. The molecule has 0 saturated carbocycles. The van der Waals surface area contributed by atoms with E-state index in [0.717, 1.165) is 65.5 Å². The van der Waals surface area contributed by atoms with Crippen molar-refractivity contribution in [2.24, 2.45) is 0 Å². The van der Waals surface area contributed by atoms with Crippen molar-refractivity contribution in [1.29, 1.82) is 0 Å². The molecule has 61 heavy (non-hydrogen) atoms. The maximum Gasteiger partial charge on any atom is 0.125 e. The van der Waals surface area contributed by atoms with Crippen LogP contribution in [0, 0.1) is 0 Å². The summed E-state index contributed by atoms with van der Waals surface area (Å²) in [5.74, 6) is 0. The molecule has 0 saturated heterocycles. The third-order valence-corrected chi connectivity index (χ3v) is 11.6. The largest absolute Gasteiger partial charge is 0.367 e. The summed E-state index contributed by atoms with van der Waals surface area (Å²) in [7, 11) is 0. The summed E-state index contributed by atoms with van der Waals surface area (Å²) in [6, 6.07) is 10.7. The van der Waals surface area contributed by atoms with E-state index in [-0.39, 0.29) is 86.3 Å². The van der Waals surface area contributed by atoms with E-state index in [1.54, 1.807) is 0 Å². The number of nitrogens with zero attached hydrogens (tertiary/aromatic N) is 7. The van der Waals surface area contributed by atoms with Crippen LogP contribution < -0.4 is 0 Å². The van der Waals surface area contributed by atoms with Crippen LogP contribution in [-0.4, -0.2) is 65.3 Å². The third kappa shape index (κ3) is 9.20. The SMILES string of the molecule is CCN1C=CC=CC1c1c(C2C=CC=CN2CC)c2c(C3C=CC=CN3CC)c3nc(cc4ccc(cc5nc(cc1n2C1C=CC=CN1CC)C=C5)[nH]4)C=C3.Cl.Cl.Cl.Cl.Cl. The Morgan fingerprint density at radius 3 is 1.46 bits per heavy atom. The molecule has 0 amide bonds. The van der Waals surface area contributed by atoms with Crippen LogP contribution in [0.25, 0.3) is 46.4 Å². The summed E-state index contributed by atoms with van der Waals surface area (Å²) in [5.41, 5.74) is 11.8. The number of hydrogen-bond donors (Lipinski definition) is 1. The van der Waals surface area contributed by atoms with Crippen molar-refractivity contribution >= 4 is 108 Å². The molecule has 6 aliphatic heterocycles. The van der Waals surface area contributed by atoms with Gasteiger partial charge in [-0.3, -0.25) is 0 Å². The highest BCUT2D eigenvalue weighted by molar-refractivity contribution is 5.87. The number of aromatic nitrogens is 4. The average molecular weight is 921 g/mol. The Hall–Kier alpha value is -4.83. The van der Waals surface area contributed by atoms with Gasteiger partial charge in [-0.15, -0.1) is 62.0 Å². The molecular formula is C48H55Cl5N8. The molecule has 3 aromatic heterocycles. The van der Waals surface area contributed by atoms with Gasteiger partial charge in [0.15, 0.2) is 0 Å². The van der Waals surface area contributed by atoms with Gasteiger partial charge in [0.25, 0.3) is 0 Å². The lowest BCUT2D eigenvalue weighted by atomic mass is 9.90. The van der Waals surface area contributed by atoms with Crippen LogP contribution in [0.4, 0.5) is 0 Å². The minimum atomic E-state index is -0.112. The second-order valence-electron chi connectivity index (χ2n) is 14.7. The molecular weight excluding hydrogens is 866 g/mol. The van der Waals surface area contributed by atoms with E-state index >= 15 is 0 Å². The van der Waals surface area contributed by atoms with Crippen LogP contribution in [-0.2, 0) is 0 Å². The van der Waals surface area contributed by atoms with Crippen LogP contribution in [0.5, 0.6) is 0 Å². The lowest BCUT2D eigenvalue weighted by Gasteiger charge is -2.36. The highest BCUT2D eigenvalue weighted by atomic mass is 35.5. The first kappa shape index (κ1) is 48.8. The number of hydrogen-bond acceptors (Lipinski definition) is 6. The summed E-state index contributed by atoms with van der Waals surface area (Å²) in [4.78, 5) is 24.2. The first-order chi connectivity index (χ1) is 27.6. The second-order valence-corrected chi connectivity index (χ2v) is 14.7. The molecule has 0 aliphatic carbocycles. The van der Waals surface area contributed by atoms with E-state index in [9.17, 15) is 0 Å². The van der Waals surface area contributed by atoms with Gasteiger partial charge in [0, 0.05) is 60.1 Å². The molecule has 4 atom stereocenters. The van der Waals surface area contributed by atoms with Crippen molar-refractivity contribution < 1.29 is 0 Å². The summed E-state index contributed by atoms with van der Waals surface area (Å²) in [5, 5.41) is 0. The first-order valence-corrected chi connectivity index (χ1v) is 20.2. The van der Waals surface area contributed by atoms with E-state index in [2.05, 4.69) is 209 Å². The van der Waals surface area contributed by atoms with Crippen LogP contribution in [0.2, 0.25) is 0 Å². The minimum Gasteiger partial charge on any atom is -0.367 e. The quantitative estimate of drug-likeness (QED) is 0.167. The van der Waals surface area contributed by atoms with Crippen molar-refractivity contribution in [3.05, 3.63) is 168 Å². The summed E-state index contributed by atoms with van der Waals surface area (Å²) < 4.78 is 2.63. The fourth-order valence-electron chi connectivity index (χ4n) is 8.93. The lowest BCUT2D eigenvalue weighted by molar-refractivity contribution is 0.270. The topological polar surface area (TPSA) is 59.5 Å². The first-order valence-electron chi connectivity index (χ1n) is 20.2. The minimum absolute atomic E-state index is 0. The number of rotatable bonds is 8. The Labute approximate surface area is 390 Å². The number of likely N-dealkylation sites (N-methyl/N-ethyl adjacent to an activating group) is 4. The zero-order valence-corrected chi connectivity index (χ0v) is 38.8. The van der Waals surface area contributed by atoms with Gasteiger partial charge in [-0.05, 0) is 131 Å². The summed E-state index contributed by atoms with van der Waals surface area (Å²) in [6.45, 7) is 12.4. The van der Waals surface area contributed by atoms with Crippen LogP contribution in [0.3, 0.4) is 0 Å². The molecule has 9 rings (SSSR count). The van der Waals surface area contributed by atoms with Gasteiger partial charge in [-0.1, -0.05) is 42.5 Å². The molecule has 9 heterocycles. The van der Waals surface area contributed by atoms with Gasteiger partial charge >= 0.3 is 0 Å². The van der Waals surface area contributed by atoms with Crippen LogP contribution in [0.15, 0.2) is 128 Å². The standard InChI is InChI=1S/C48H50N8.5ClH/c1-5-52-27-13-9-17-40(52)45-39-26-25-37(51-39)32-36-22-21-34(49-36)31-35-23-24-38(50-35)33-43-46(41-18-10-14-28-53(41)6-2)47(42-19-11-15-29-54(42)7-3)48(45)56(43)44-20-12-16-30-55(44)8-4;;;;;/h9-33,40-42,44,49H,5-8H2,1-4H3;5*1H. The van der Waals surface area contributed by atoms with Gasteiger partial charge in [0.1, 0.15) is 6.17 Å². The van der Waals surface area contributed by atoms with Crippen molar-refractivity contribution in [3.63, 3.8) is 0 Å². The van der Waals surface area contributed by atoms with Gasteiger partial charge in [0.2, 0.25) is 0 Å². The van der Waals surface area contributed by atoms with Gasteiger partial charge in [0.05, 0.1) is 51.9 Å². The fraction of sp³-hybridized carbons (Fsp3) is 0.250.